The molecule has 4 aromatic rings. The second kappa shape index (κ2) is 12.7. The van der Waals surface area contributed by atoms with Crippen LogP contribution in [0.25, 0.3) is 22.2 Å². The van der Waals surface area contributed by atoms with Gasteiger partial charge in [0.2, 0.25) is 17.6 Å². The number of nitro benzene ring substituents is 1. The Morgan fingerprint density at radius 2 is 1.63 bits per heavy atom. The molecule has 13 heteroatoms. The van der Waals surface area contributed by atoms with Crippen LogP contribution in [0.5, 0.6) is 0 Å². The van der Waals surface area contributed by atoms with Crippen molar-refractivity contribution in [3.8, 4) is 11.3 Å². The highest BCUT2D eigenvalue weighted by atomic mass is 79.9. The second-order valence-electron chi connectivity index (χ2n) is 11.3. The van der Waals surface area contributed by atoms with E-state index in [1.807, 2.05) is 13.0 Å². The molecule has 0 radical (unpaired) electrons. The van der Waals surface area contributed by atoms with Crippen molar-refractivity contribution in [3.05, 3.63) is 98.6 Å². The number of carbonyl (C=O) groups excluding carboxylic acids is 4. The van der Waals surface area contributed by atoms with Gasteiger partial charge in [-0.1, -0.05) is 67.2 Å². The Hall–Kier alpha value is -4.00. The van der Waals surface area contributed by atoms with Gasteiger partial charge in [0.1, 0.15) is 5.02 Å². The molecule has 2 aliphatic rings. The Morgan fingerprint density at radius 1 is 0.978 bits per heavy atom. The third-order valence-corrected chi connectivity index (χ3v) is 11.4. The molecule has 1 saturated heterocycles. The van der Waals surface area contributed by atoms with E-state index in [4.69, 9.17) is 21.3 Å². The smallest absolute Gasteiger partial charge is 0.339 e. The first-order valence-corrected chi connectivity index (χ1v) is 16.5. The van der Waals surface area contributed by atoms with E-state index in [9.17, 15) is 29.3 Å². The monoisotopic (exact) mass is 767 g/mol. The van der Waals surface area contributed by atoms with Crippen molar-refractivity contribution in [2.24, 2.45) is 11.8 Å². The maximum absolute atomic E-state index is 13.4. The van der Waals surface area contributed by atoms with Crippen LogP contribution >= 0.6 is 43.5 Å². The first-order valence-electron chi connectivity index (χ1n) is 14.2. The number of rotatable bonds is 7. The molecule has 2 amide bonds. The number of ketones is 1. The number of carbonyl (C=O) groups is 4. The van der Waals surface area contributed by atoms with Crippen LogP contribution in [0.1, 0.15) is 39.1 Å². The van der Waals surface area contributed by atoms with Crippen LogP contribution in [0.2, 0.25) is 5.02 Å². The summed E-state index contributed by atoms with van der Waals surface area (Å²) < 4.78 is 5.38. The Kier molecular flexibility index (Phi) is 8.79. The van der Waals surface area contributed by atoms with Crippen LogP contribution in [0.15, 0.2) is 66.7 Å². The number of aryl methyl sites for hydroxylation is 1. The maximum Gasteiger partial charge on any atom is 0.339 e. The zero-order chi connectivity index (χ0) is 32.9. The summed E-state index contributed by atoms with van der Waals surface area (Å²) >= 11 is 13.1. The number of nitro groups is 1. The van der Waals surface area contributed by atoms with Crippen molar-refractivity contribution in [2.45, 2.75) is 29.4 Å². The van der Waals surface area contributed by atoms with Gasteiger partial charge in [0.05, 0.1) is 39.2 Å². The second-order valence-corrected chi connectivity index (χ2v) is 14.0. The average Bonchev–Trinajstić information content (AvgIpc) is 3.27. The molecule has 1 aliphatic heterocycles. The fraction of sp³-hybridized carbons (Fsp3) is 0.242. The van der Waals surface area contributed by atoms with Crippen molar-refractivity contribution >= 4 is 89.3 Å². The molecule has 1 aromatic heterocycles. The summed E-state index contributed by atoms with van der Waals surface area (Å²) in [6, 6.07) is 17.4. The number of anilines is 1. The van der Waals surface area contributed by atoms with E-state index in [1.54, 1.807) is 42.5 Å². The largest absolute Gasteiger partial charge is 0.454 e. The number of Topliss-reactive ketones (excluding diaryl/α,β-unsaturated/α-hetero) is 1. The first-order chi connectivity index (χ1) is 21.9. The number of esters is 1. The van der Waals surface area contributed by atoms with Crippen molar-refractivity contribution < 1.29 is 28.8 Å². The Labute approximate surface area is 284 Å². The van der Waals surface area contributed by atoms with Gasteiger partial charge >= 0.3 is 5.97 Å². The minimum Gasteiger partial charge on any atom is -0.454 e. The number of ether oxygens (including phenoxy) is 1. The number of aromatic nitrogens is 1. The van der Waals surface area contributed by atoms with Gasteiger partial charge in [0, 0.05) is 32.2 Å². The average molecular weight is 770 g/mol. The number of halogens is 3. The van der Waals surface area contributed by atoms with Crippen molar-refractivity contribution in [1.29, 1.82) is 0 Å². The topological polar surface area (TPSA) is 137 Å². The summed E-state index contributed by atoms with van der Waals surface area (Å²) in [4.78, 5) is 69.4. The van der Waals surface area contributed by atoms with E-state index in [1.165, 1.54) is 17.0 Å². The molecule has 0 bridgehead atoms. The molecule has 4 atom stereocenters. The number of alkyl halides is 2. The molecule has 0 N–H and O–H groups in total. The fourth-order valence-corrected chi connectivity index (χ4v) is 7.33. The van der Waals surface area contributed by atoms with Gasteiger partial charge in [-0.05, 0) is 62.2 Å². The lowest BCUT2D eigenvalue weighted by Crippen LogP contribution is -2.34. The van der Waals surface area contributed by atoms with Crippen LogP contribution < -0.4 is 4.90 Å². The number of nitrogens with zero attached hydrogens (tertiary/aromatic N) is 3. The predicted molar refractivity (Wildman–Crippen MR) is 179 cm³/mol. The summed E-state index contributed by atoms with van der Waals surface area (Å²) in [5, 5.41) is 11.6. The highest BCUT2D eigenvalue weighted by Gasteiger charge is 2.52. The van der Waals surface area contributed by atoms with Crippen molar-refractivity contribution in [1.82, 2.24) is 4.98 Å². The van der Waals surface area contributed by atoms with Crippen LogP contribution in [0.4, 0.5) is 11.4 Å². The van der Waals surface area contributed by atoms with Crippen LogP contribution in [0.3, 0.4) is 0 Å². The summed E-state index contributed by atoms with van der Waals surface area (Å²) in [6.07, 6.45) is 1.15. The molecule has 10 nitrogen and oxygen atoms in total. The normalized spacial score (nSPS) is 20.9. The Bertz CT molecular complexity index is 1920. The molecule has 3 aromatic carbocycles. The minimum absolute atomic E-state index is 0.0200. The highest BCUT2D eigenvalue weighted by molar-refractivity contribution is 9.12. The van der Waals surface area contributed by atoms with Crippen LogP contribution in [-0.4, -0.2) is 49.7 Å². The number of hydrogen-bond acceptors (Lipinski definition) is 8. The van der Waals surface area contributed by atoms with Gasteiger partial charge in [-0.3, -0.25) is 29.4 Å². The van der Waals surface area contributed by atoms with E-state index in [0.717, 1.165) is 11.6 Å². The predicted octanol–water partition coefficient (Wildman–Crippen LogP) is 7.24. The molecule has 6 rings (SSSR count). The number of benzene rings is 3. The Balaban J connectivity index is 1.26. The van der Waals surface area contributed by atoms with Crippen molar-refractivity contribution in [3.63, 3.8) is 0 Å². The van der Waals surface area contributed by atoms with Gasteiger partial charge in [-0.2, -0.15) is 0 Å². The van der Waals surface area contributed by atoms with Crippen LogP contribution in [-0.2, 0) is 14.3 Å². The molecule has 4 unspecified atom stereocenters. The minimum atomic E-state index is -0.779. The summed E-state index contributed by atoms with van der Waals surface area (Å²) in [7, 11) is 0. The number of imide groups is 1. The molecule has 2 heterocycles. The van der Waals surface area contributed by atoms with E-state index in [-0.39, 0.29) is 49.5 Å². The number of fused-ring (bicyclic) bond motifs is 2. The third-order valence-electron chi connectivity index (χ3n) is 8.32. The number of amides is 2. The molecule has 1 aliphatic carbocycles. The van der Waals surface area contributed by atoms with E-state index in [0.29, 0.717) is 40.7 Å². The maximum atomic E-state index is 13.4. The molecule has 234 valence electrons. The van der Waals surface area contributed by atoms with E-state index < -0.39 is 29.0 Å². The highest BCUT2D eigenvalue weighted by Crippen LogP contribution is 2.44. The van der Waals surface area contributed by atoms with E-state index in [2.05, 4.69) is 31.9 Å². The molecule has 0 spiro atoms. The lowest BCUT2D eigenvalue weighted by molar-refractivity contribution is -0.384. The molecular formula is C33H24Br2ClN3O7. The molecule has 46 heavy (non-hydrogen) atoms. The molecule has 1 saturated carbocycles. The standard InChI is InChI=1S/C33H24Br2ClN3O7/c1-16-2-9-27-20(10-16)23(33(43)46-15-30(40)18-5-8-26(36)29(11-18)39(44)45)14-28(37-27)17-3-6-19(7-4-17)38-31(41)21-12-24(34)25(35)13-22(21)32(38)42/h2-11,14,21-22,24-25H,12-13,15H2,1H3. The zero-order valence-electron chi connectivity index (χ0n) is 24.1. The Morgan fingerprint density at radius 3 is 2.26 bits per heavy atom. The molecule has 2 fully saturated rings. The van der Waals surface area contributed by atoms with Gasteiger partial charge in [0.25, 0.3) is 5.69 Å². The van der Waals surface area contributed by atoms with Crippen LogP contribution in [0, 0.1) is 28.9 Å². The van der Waals surface area contributed by atoms with Gasteiger partial charge in [-0.25, -0.2) is 9.78 Å². The quantitative estimate of drug-likeness (QED) is 0.0480. The number of pyridine rings is 1. The van der Waals surface area contributed by atoms with Gasteiger partial charge in [0.15, 0.2) is 6.61 Å². The van der Waals surface area contributed by atoms with Gasteiger partial charge in [-0.15, -0.1) is 0 Å². The van der Waals surface area contributed by atoms with E-state index >= 15 is 0 Å². The zero-order valence-corrected chi connectivity index (χ0v) is 28.0. The lowest BCUT2D eigenvalue weighted by atomic mass is 9.81. The van der Waals surface area contributed by atoms with Crippen molar-refractivity contribution in [2.75, 3.05) is 11.5 Å². The summed E-state index contributed by atoms with van der Waals surface area (Å²) in [5.41, 5.74) is 2.64. The van der Waals surface area contributed by atoms with Gasteiger partial charge < -0.3 is 4.74 Å². The third kappa shape index (κ3) is 5.96. The first kappa shape index (κ1) is 32.0. The summed E-state index contributed by atoms with van der Waals surface area (Å²) in [5.74, 6) is -2.57. The molecular weight excluding hydrogens is 746 g/mol. The SMILES string of the molecule is Cc1ccc2nc(-c3ccc(N4C(=O)C5CC(Br)C(Br)CC5C4=O)cc3)cc(C(=O)OCC(=O)c3ccc(Cl)c([N+](=O)[O-])c3)c2c1. The lowest BCUT2D eigenvalue weighted by Gasteiger charge is -2.29. The summed E-state index contributed by atoms with van der Waals surface area (Å²) in [6.45, 7) is 1.22. The number of hydrogen-bond donors (Lipinski definition) is 0. The fourth-order valence-electron chi connectivity index (χ4n) is 5.91.